The number of rotatable bonds is 5. The van der Waals surface area contributed by atoms with Crippen LogP contribution in [0.15, 0.2) is 12.2 Å². The molecule has 1 saturated carbocycles. The summed E-state index contributed by atoms with van der Waals surface area (Å²) in [6, 6.07) is 0. The Morgan fingerprint density at radius 3 is 2.29 bits per heavy atom. The summed E-state index contributed by atoms with van der Waals surface area (Å²) in [5.74, 6) is 1.75. The molecule has 17 heavy (non-hydrogen) atoms. The van der Waals surface area contributed by atoms with Crippen LogP contribution in [0.5, 0.6) is 0 Å². The van der Waals surface area contributed by atoms with Crippen molar-refractivity contribution in [2.24, 2.45) is 11.8 Å². The van der Waals surface area contributed by atoms with Gasteiger partial charge in [0.05, 0.1) is 0 Å². The Morgan fingerprint density at radius 1 is 1.18 bits per heavy atom. The highest BCUT2D eigenvalue weighted by Crippen LogP contribution is 2.34. The molecule has 0 aromatic carbocycles. The fraction of sp³-hybridized carbons (Fsp3) is 0.875. The van der Waals surface area contributed by atoms with Gasteiger partial charge in [0.25, 0.3) is 0 Å². The molecule has 1 aliphatic rings. The molecule has 1 fully saturated rings. The minimum absolute atomic E-state index is 0.254. The fourth-order valence-electron chi connectivity index (χ4n) is 2.77. The van der Waals surface area contributed by atoms with Gasteiger partial charge in [-0.3, -0.25) is 0 Å². The van der Waals surface area contributed by atoms with E-state index in [9.17, 15) is 0 Å². The molecule has 2 atom stereocenters. The van der Waals surface area contributed by atoms with Crippen molar-refractivity contribution in [3.05, 3.63) is 12.2 Å². The lowest BCUT2D eigenvalue weighted by atomic mass is 9.75. The molecule has 1 aliphatic carbocycles. The van der Waals surface area contributed by atoms with Crippen molar-refractivity contribution >= 4 is 0 Å². The van der Waals surface area contributed by atoms with Crippen LogP contribution in [0.2, 0.25) is 0 Å². The summed E-state index contributed by atoms with van der Waals surface area (Å²) >= 11 is 0. The second-order valence-electron chi connectivity index (χ2n) is 6.74. The second-order valence-corrected chi connectivity index (χ2v) is 6.74. The molecule has 0 spiro atoms. The van der Waals surface area contributed by atoms with Gasteiger partial charge in [0.15, 0.2) is 0 Å². The van der Waals surface area contributed by atoms with Crippen LogP contribution in [-0.2, 0) is 0 Å². The molecule has 0 radical (unpaired) electrons. The number of allylic oxidation sites excluding steroid dienone is 1. The Bertz CT molecular complexity index is 236. The third kappa shape index (κ3) is 5.72. The van der Waals surface area contributed by atoms with Gasteiger partial charge in [-0.05, 0) is 64.8 Å². The minimum atomic E-state index is 0.254. The summed E-state index contributed by atoms with van der Waals surface area (Å²) in [6.45, 7) is 14.4. The summed E-state index contributed by atoms with van der Waals surface area (Å²) < 4.78 is 0. The zero-order valence-electron chi connectivity index (χ0n) is 12.3. The molecular formula is C16H31N. The maximum atomic E-state index is 4.19. The zero-order chi connectivity index (χ0) is 12.9. The molecule has 0 bridgehead atoms. The van der Waals surface area contributed by atoms with Gasteiger partial charge >= 0.3 is 0 Å². The van der Waals surface area contributed by atoms with Crippen LogP contribution in [0.25, 0.3) is 0 Å². The van der Waals surface area contributed by atoms with Crippen LogP contribution in [0.1, 0.15) is 66.2 Å². The van der Waals surface area contributed by atoms with E-state index in [2.05, 4.69) is 39.6 Å². The van der Waals surface area contributed by atoms with E-state index in [1.165, 1.54) is 44.2 Å². The van der Waals surface area contributed by atoms with Crippen LogP contribution < -0.4 is 5.32 Å². The van der Waals surface area contributed by atoms with Crippen LogP contribution in [-0.4, -0.2) is 12.1 Å². The normalized spacial score (nSPS) is 25.9. The molecule has 0 aromatic heterocycles. The highest BCUT2D eigenvalue weighted by Gasteiger charge is 2.26. The van der Waals surface area contributed by atoms with E-state index in [1.54, 1.807) is 0 Å². The number of nitrogens with one attached hydrogen (secondary N) is 1. The summed E-state index contributed by atoms with van der Waals surface area (Å²) in [5, 5.41) is 3.68. The lowest BCUT2D eigenvalue weighted by Gasteiger charge is -2.34. The molecule has 0 amide bonds. The third-order valence-corrected chi connectivity index (χ3v) is 4.01. The molecule has 1 heteroatoms. The summed E-state index contributed by atoms with van der Waals surface area (Å²) in [4.78, 5) is 0. The molecule has 0 heterocycles. The topological polar surface area (TPSA) is 12.0 Å². The van der Waals surface area contributed by atoms with Gasteiger partial charge < -0.3 is 5.32 Å². The van der Waals surface area contributed by atoms with Crippen LogP contribution in [0, 0.1) is 11.8 Å². The fourth-order valence-corrected chi connectivity index (χ4v) is 2.77. The molecule has 0 saturated heterocycles. The van der Waals surface area contributed by atoms with Gasteiger partial charge in [-0.25, -0.2) is 0 Å². The maximum absolute atomic E-state index is 4.19. The molecule has 0 aromatic rings. The summed E-state index contributed by atoms with van der Waals surface area (Å²) in [5.41, 5.74) is 1.70. The Hall–Kier alpha value is -0.300. The van der Waals surface area contributed by atoms with E-state index < -0.39 is 0 Å². The molecule has 0 aliphatic heterocycles. The zero-order valence-corrected chi connectivity index (χ0v) is 12.3. The van der Waals surface area contributed by atoms with Crippen LogP contribution in [0.3, 0.4) is 0 Å². The van der Waals surface area contributed by atoms with Gasteiger partial charge in [0, 0.05) is 5.54 Å². The van der Waals surface area contributed by atoms with Crippen molar-refractivity contribution in [3.8, 4) is 0 Å². The van der Waals surface area contributed by atoms with E-state index >= 15 is 0 Å². The quantitative estimate of drug-likeness (QED) is 0.692. The van der Waals surface area contributed by atoms with Gasteiger partial charge in [-0.15, -0.1) is 0 Å². The van der Waals surface area contributed by atoms with Gasteiger partial charge in [-0.1, -0.05) is 31.9 Å². The van der Waals surface area contributed by atoms with E-state index in [0.29, 0.717) is 0 Å². The van der Waals surface area contributed by atoms with Crippen molar-refractivity contribution in [1.82, 2.24) is 5.32 Å². The first kappa shape index (κ1) is 14.8. The summed E-state index contributed by atoms with van der Waals surface area (Å²) in [6.07, 6.45) is 8.07. The van der Waals surface area contributed by atoms with Crippen molar-refractivity contribution in [2.75, 3.05) is 6.54 Å². The van der Waals surface area contributed by atoms with E-state index in [0.717, 1.165) is 18.3 Å². The number of hydrogen-bond acceptors (Lipinski definition) is 1. The van der Waals surface area contributed by atoms with Crippen molar-refractivity contribution in [1.29, 1.82) is 0 Å². The highest BCUT2D eigenvalue weighted by molar-refractivity contribution is 4.97. The average molecular weight is 237 g/mol. The molecule has 100 valence electrons. The highest BCUT2D eigenvalue weighted by atomic mass is 14.9. The first-order chi connectivity index (χ1) is 7.92. The average Bonchev–Trinajstić information content (AvgIpc) is 2.26. The van der Waals surface area contributed by atoms with E-state index in [1.807, 2.05) is 0 Å². The van der Waals surface area contributed by atoms with Crippen LogP contribution in [0.4, 0.5) is 0 Å². The minimum Gasteiger partial charge on any atom is -0.312 e. The lowest BCUT2D eigenvalue weighted by molar-refractivity contribution is 0.212. The van der Waals surface area contributed by atoms with E-state index in [4.69, 9.17) is 0 Å². The van der Waals surface area contributed by atoms with Gasteiger partial charge in [0.2, 0.25) is 0 Å². The van der Waals surface area contributed by atoms with Crippen molar-refractivity contribution in [2.45, 2.75) is 71.8 Å². The Morgan fingerprint density at radius 2 is 1.76 bits per heavy atom. The molecule has 2 unspecified atom stereocenters. The SMILES string of the molecule is C=C(CC)CC1CCCCC1CNC(C)(C)C. The second kappa shape index (κ2) is 6.58. The maximum Gasteiger partial charge on any atom is 0.00966 e. The van der Waals surface area contributed by atoms with Crippen molar-refractivity contribution < 1.29 is 0 Å². The lowest BCUT2D eigenvalue weighted by Crippen LogP contribution is -2.41. The predicted molar refractivity (Wildman–Crippen MR) is 77.3 cm³/mol. The third-order valence-electron chi connectivity index (χ3n) is 4.01. The first-order valence-electron chi connectivity index (χ1n) is 7.34. The summed E-state index contributed by atoms with van der Waals surface area (Å²) in [7, 11) is 0. The molecule has 1 N–H and O–H groups in total. The molecule has 1 nitrogen and oxygen atoms in total. The Balaban J connectivity index is 2.45. The monoisotopic (exact) mass is 237 g/mol. The smallest absolute Gasteiger partial charge is 0.00966 e. The number of hydrogen-bond donors (Lipinski definition) is 1. The molecule has 1 rings (SSSR count). The van der Waals surface area contributed by atoms with E-state index in [-0.39, 0.29) is 5.54 Å². The largest absolute Gasteiger partial charge is 0.312 e. The Labute approximate surface area is 108 Å². The van der Waals surface area contributed by atoms with Crippen LogP contribution >= 0.6 is 0 Å². The standard InChI is InChI=1S/C16H31N/c1-6-13(2)11-14-9-7-8-10-15(14)12-17-16(3,4)5/h14-15,17H,2,6-12H2,1,3-5H3. The Kier molecular flexibility index (Phi) is 5.72. The first-order valence-corrected chi connectivity index (χ1v) is 7.34. The van der Waals surface area contributed by atoms with Gasteiger partial charge in [-0.2, -0.15) is 0 Å². The predicted octanol–water partition coefficient (Wildman–Crippen LogP) is 4.54. The molecular weight excluding hydrogens is 206 g/mol. The van der Waals surface area contributed by atoms with Gasteiger partial charge in [0.1, 0.15) is 0 Å². The van der Waals surface area contributed by atoms with Crippen molar-refractivity contribution in [3.63, 3.8) is 0 Å².